The number of aromatic nitrogens is 1. The van der Waals surface area contributed by atoms with E-state index in [1.165, 1.54) is 5.56 Å². The van der Waals surface area contributed by atoms with E-state index in [9.17, 15) is 0 Å². The topological polar surface area (TPSA) is 60.2 Å². The van der Waals surface area contributed by atoms with Gasteiger partial charge in [0.2, 0.25) is 0 Å². The van der Waals surface area contributed by atoms with E-state index >= 15 is 0 Å². The quantitative estimate of drug-likeness (QED) is 0.759. The van der Waals surface area contributed by atoms with Crippen molar-refractivity contribution in [3.05, 3.63) is 65.7 Å². The average Bonchev–Trinajstić information content (AvgIpc) is 2.54. The molecule has 0 bridgehead atoms. The van der Waals surface area contributed by atoms with Crippen molar-refractivity contribution in [3.8, 4) is 5.75 Å². The molecule has 0 aliphatic heterocycles. The number of nitrogen functional groups attached to an aromatic ring is 1. The maximum Gasteiger partial charge on any atom is 0.124 e. The first kappa shape index (κ1) is 14.4. The maximum absolute atomic E-state index is 5.82. The molecular weight excluding hydrogens is 274 g/mol. The van der Waals surface area contributed by atoms with Crippen molar-refractivity contribution in [1.82, 2.24) is 10.3 Å². The smallest absolute Gasteiger partial charge is 0.124 e. The Morgan fingerprint density at radius 2 is 1.73 bits per heavy atom. The Morgan fingerprint density at radius 1 is 1.00 bits per heavy atom. The highest BCUT2D eigenvalue weighted by Crippen LogP contribution is 2.18. The van der Waals surface area contributed by atoms with E-state index in [-0.39, 0.29) is 0 Å². The number of hydrogen-bond acceptors (Lipinski definition) is 4. The van der Waals surface area contributed by atoms with Gasteiger partial charge in [0.25, 0.3) is 0 Å². The fourth-order valence-corrected chi connectivity index (χ4v) is 2.34. The molecule has 2 aromatic carbocycles. The van der Waals surface area contributed by atoms with E-state index in [4.69, 9.17) is 10.5 Å². The molecule has 0 spiro atoms. The molecule has 0 saturated carbocycles. The number of nitrogens with two attached hydrogens (primary N) is 1. The van der Waals surface area contributed by atoms with Crippen molar-refractivity contribution in [2.45, 2.75) is 13.2 Å². The molecule has 0 aliphatic rings. The minimum atomic E-state index is 0.512. The molecule has 0 unspecified atom stereocenters. The third kappa shape index (κ3) is 3.35. The SMILES string of the molecule is CNCc1ccc(OCc2ccc3ccc(N)nc3c2)cc1. The number of rotatable bonds is 5. The second-order valence-electron chi connectivity index (χ2n) is 5.23. The minimum Gasteiger partial charge on any atom is -0.489 e. The summed E-state index contributed by atoms with van der Waals surface area (Å²) in [6.07, 6.45) is 0. The standard InChI is InChI=1S/C18H19N3O/c1-20-11-13-3-7-16(8-4-13)22-12-14-2-5-15-6-9-18(19)21-17(15)10-14/h2-10,20H,11-12H2,1H3,(H2,19,21). The van der Waals surface area contributed by atoms with Gasteiger partial charge in [0, 0.05) is 11.9 Å². The highest BCUT2D eigenvalue weighted by atomic mass is 16.5. The second kappa shape index (κ2) is 6.45. The zero-order valence-electron chi connectivity index (χ0n) is 12.5. The molecule has 3 rings (SSSR count). The lowest BCUT2D eigenvalue weighted by molar-refractivity contribution is 0.306. The van der Waals surface area contributed by atoms with Crippen molar-refractivity contribution in [3.63, 3.8) is 0 Å². The van der Waals surface area contributed by atoms with Gasteiger partial charge in [-0.2, -0.15) is 0 Å². The number of anilines is 1. The van der Waals surface area contributed by atoms with Crippen LogP contribution in [0.5, 0.6) is 5.75 Å². The van der Waals surface area contributed by atoms with Crippen LogP contribution in [0.2, 0.25) is 0 Å². The minimum absolute atomic E-state index is 0.512. The molecule has 4 nitrogen and oxygen atoms in total. The molecule has 0 fully saturated rings. The van der Waals surface area contributed by atoms with E-state index in [1.807, 2.05) is 43.4 Å². The summed E-state index contributed by atoms with van der Waals surface area (Å²) in [5, 5.41) is 4.20. The Hall–Kier alpha value is -2.59. The molecule has 0 saturated heterocycles. The highest BCUT2D eigenvalue weighted by molar-refractivity contribution is 5.80. The van der Waals surface area contributed by atoms with Crippen LogP contribution >= 0.6 is 0 Å². The van der Waals surface area contributed by atoms with Gasteiger partial charge in [0.05, 0.1) is 5.52 Å². The zero-order chi connectivity index (χ0) is 15.4. The van der Waals surface area contributed by atoms with Crippen molar-refractivity contribution >= 4 is 16.7 Å². The molecule has 22 heavy (non-hydrogen) atoms. The summed E-state index contributed by atoms with van der Waals surface area (Å²) in [6, 6.07) is 18.0. The van der Waals surface area contributed by atoms with Gasteiger partial charge in [-0.25, -0.2) is 4.98 Å². The van der Waals surface area contributed by atoms with Crippen LogP contribution in [0.25, 0.3) is 10.9 Å². The highest BCUT2D eigenvalue weighted by Gasteiger charge is 2.01. The summed E-state index contributed by atoms with van der Waals surface area (Å²) in [5.41, 5.74) is 8.93. The molecule has 4 heteroatoms. The van der Waals surface area contributed by atoms with Gasteiger partial charge >= 0.3 is 0 Å². The first-order chi connectivity index (χ1) is 10.7. The lowest BCUT2D eigenvalue weighted by Crippen LogP contribution is -2.04. The summed E-state index contributed by atoms with van der Waals surface area (Å²) in [5.74, 6) is 1.39. The Kier molecular flexibility index (Phi) is 4.21. The first-order valence-electron chi connectivity index (χ1n) is 7.26. The van der Waals surface area contributed by atoms with Crippen molar-refractivity contribution in [2.75, 3.05) is 12.8 Å². The molecule has 3 aromatic rings. The van der Waals surface area contributed by atoms with Crippen molar-refractivity contribution < 1.29 is 4.74 Å². The monoisotopic (exact) mass is 293 g/mol. The number of hydrogen-bond donors (Lipinski definition) is 2. The number of nitrogens with one attached hydrogen (secondary N) is 1. The summed E-state index contributed by atoms with van der Waals surface area (Å²) in [7, 11) is 1.94. The van der Waals surface area contributed by atoms with Gasteiger partial charge in [-0.1, -0.05) is 24.3 Å². The lowest BCUT2D eigenvalue weighted by atomic mass is 10.1. The van der Waals surface area contributed by atoms with Gasteiger partial charge < -0.3 is 15.8 Å². The van der Waals surface area contributed by atoms with Crippen LogP contribution in [0, 0.1) is 0 Å². The van der Waals surface area contributed by atoms with Crippen LogP contribution in [0.15, 0.2) is 54.6 Å². The largest absolute Gasteiger partial charge is 0.489 e. The van der Waals surface area contributed by atoms with E-state index in [0.717, 1.165) is 28.8 Å². The number of nitrogens with zero attached hydrogens (tertiary/aromatic N) is 1. The molecule has 1 aromatic heterocycles. The predicted molar refractivity (Wildman–Crippen MR) is 89.7 cm³/mol. The van der Waals surface area contributed by atoms with Crippen molar-refractivity contribution in [1.29, 1.82) is 0 Å². The van der Waals surface area contributed by atoms with E-state index in [0.29, 0.717) is 12.4 Å². The first-order valence-corrected chi connectivity index (χ1v) is 7.26. The lowest BCUT2D eigenvalue weighted by Gasteiger charge is -2.08. The second-order valence-corrected chi connectivity index (χ2v) is 5.23. The van der Waals surface area contributed by atoms with Gasteiger partial charge in [0.15, 0.2) is 0 Å². The fourth-order valence-electron chi connectivity index (χ4n) is 2.34. The number of pyridine rings is 1. The molecule has 1 heterocycles. The summed E-state index contributed by atoms with van der Waals surface area (Å²) >= 11 is 0. The Morgan fingerprint density at radius 3 is 2.50 bits per heavy atom. The van der Waals surface area contributed by atoms with Crippen LogP contribution in [-0.2, 0) is 13.2 Å². The van der Waals surface area contributed by atoms with Crippen LogP contribution < -0.4 is 15.8 Å². The van der Waals surface area contributed by atoms with Gasteiger partial charge in [-0.05, 0) is 48.5 Å². The maximum atomic E-state index is 5.82. The molecule has 0 atom stereocenters. The Balaban J connectivity index is 1.70. The molecule has 112 valence electrons. The third-order valence-corrected chi connectivity index (χ3v) is 3.49. The Bertz CT molecular complexity index is 769. The van der Waals surface area contributed by atoms with E-state index in [2.05, 4.69) is 28.5 Å². The third-order valence-electron chi connectivity index (χ3n) is 3.49. The molecule has 0 aliphatic carbocycles. The summed E-state index contributed by atoms with van der Waals surface area (Å²) < 4.78 is 5.82. The molecule has 0 radical (unpaired) electrons. The zero-order valence-corrected chi connectivity index (χ0v) is 12.5. The van der Waals surface area contributed by atoms with Crippen molar-refractivity contribution in [2.24, 2.45) is 0 Å². The summed E-state index contributed by atoms with van der Waals surface area (Å²) in [4.78, 5) is 4.34. The average molecular weight is 293 g/mol. The molecule has 0 amide bonds. The molecule has 3 N–H and O–H groups in total. The van der Waals surface area contributed by atoms with E-state index < -0.39 is 0 Å². The fraction of sp³-hybridized carbons (Fsp3) is 0.167. The number of ether oxygens (including phenoxy) is 1. The van der Waals surface area contributed by atoms with Crippen LogP contribution in [0.3, 0.4) is 0 Å². The van der Waals surface area contributed by atoms with Gasteiger partial charge in [-0.15, -0.1) is 0 Å². The number of benzene rings is 2. The normalized spacial score (nSPS) is 10.8. The summed E-state index contributed by atoms with van der Waals surface area (Å²) in [6.45, 7) is 1.37. The number of fused-ring (bicyclic) bond motifs is 1. The molecular formula is C18H19N3O. The van der Waals surface area contributed by atoms with E-state index in [1.54, 1.807) is 0 Å². The Labute approximate surface area is 129 Å². The van der Waals surface area contributed by atoms with Gasteiger partial charge in [0.1, 0.15) is 18.2 Å². The van der Waals surface area contributed by atoms with Crippen LogP contribution in [0.1, 0.15) is 11.1 Å². The van der Waals surface area contributed by atoms with Crippen LogP contribution in [0.4, 0.5) is 5.82 Å². The van der Waals surface area contributed by atoms with Crippen LogP contribution in [-0.4, -0.2) is 12.0 Å². The van der Waals surface area contributed by atoms with Gasteiger partial charge in [-0.3, -0.25) is 0 Å². The predicted octanol–water partition coefficient (Wildman–Crippen LogP) is 3.12.